The lowest BCUT2D eigenvalue weighted by molar-refractivity contribution is -0.140. The van der Waals surface area contributed by atoms with E-state index in [0.29, 0.717) is 0 Å². The average Bonchev–Trinajstić information content (AvgIpc) is 3.04. The zero-order valence-corrected chi connectivity index (χ0v) is 31.2. The standard InChI is InChI=1S/C32H28O20S4/c33-27(34)13-51-31-19-1-15-5-23(53(39,40)41)6-16(29(15)37)2-21-11-26(56(48,49)50)12-22(32(21)52-14-28(35)36)4-18-8-24(54(42,43)44)7-17(30(18)38)3-20(31)10-25(9-19)55(45,46)47/h5-12,37-38H,1-4,13-14H2,(H,33,34)(H,35,36)(H,39,40,41)(H,42,43,44)(H,45,46,47)(H,48,49,50). The Morgan fingerprint density at radius 1 is 0.429 bits per heavy atom. The van der Waals surface area contributed by atoms with E-state index in [1.165, 1.54) is 0 Å². The summed E-state index contributed by atoms with van der Waals surface area (Å²) in [6, 6.07) is 5.97. The molecule has 0 heterocycles. The Bertz CT molecular complexity index is 2490. The largest absolute Gasteiger partial charge is 0.507 e. The predicted octanol–water partition coefficient (Wildman–Crippen LogP) is 1.69. The van der Waals surface area contributed by atoms with E-state index >= 15 is 0 Å². The number of carbonyl (C=O) groups is 2. The number of phenolic OH excluding ortho intramolecular Hbond substituents is 2. The first kappa shape index (κ1) is 41.8. The number of fused-ring (bicyclic) bond motifs is 8. The summed E-state index contributed by atoms with van der Waals surface area (Å²) in [5, 5.41) is 41.9. The van der Waals surface area contributed by atoms with E-state index in [1.807, 2.05) is 0 Å². The van der Waals surface area contributed by atoms with Crippen molar-refractivity contribution < 1.29 is 91.4 Å². The molecular weight excluding hydrogens is 833 g/mol. The molecule has 56 heavy (non-hydrogen) atoms. The summed E-state index contributed by atoms with van der Waals surface area (Å²) in [5.41, 5.74) is -3.27. The van der Waals surface area contributed by atoms with E-state index in [2.05, 4.69) is 0 Å². The van der Waals surface area contributed by atoms with Gasteiger partial charge >= 0.3 is 11.9 Å². The third-order valence-corrected chi connectivity index (χ3v) is 11.6. The second-order valence-electron chi connectivity index (χ2n) is 12.3. The molecule has 0 unspecified atom stereocenters. The summed E-state index contributed by atoms with van der Waals surface area (Å²) < 4.78 is 151. The summed E-state index contributed by atoms with van der Waals surface area (Å²) in [6.07, 6.45) is -3.13. The Kier molecular flexibility index (Phi) is 11.2. The maximum Gasteiger partial charge on any atom is 0.341 e. The van der Waals surface area contributed by atoms with Crippen LogP contribution in [0, 0.1) is 0 Å². The van der Waals surface area contributed by atoms with Gasteiger partial charge in [-0.05, 0) is 48.5 Å². The summed E-state index contributed by atoms with van der Waals surface area (Å²) in [7, 11) is -20.6. The van der Waals surface area contributed by atoms with Gasteiger partial charge in [0, 0.05) is 70.2 Å². The van der Waals surface area contributed by atoms with Gasteiger partial charge < -0.3 is 29.9 Å². The topological polar surface area (TPSA) is 351 Å². The van der Waals surface area contributed by atoms with Crippen molar-refractivity contribution in [1.29, 1.82) is 0 Å². The predicted molar refractivity (Wildman–Crippen MR) is 186 cm³/mol. The molecule has 0 saturated carbocycles. The van der Waals surface area contributed by atoms with Crippen molar-refractivity contribution in [2.75, 3.05) is 13.2 Å². The van der Waals surface area contributed by atoms with Crippen LogP contribution in [0.2, 0.25) is 0 Å². The minimum Gasteiger partial charge on any atom is -0.507 e. The lowest BCUT2D eigenvalue weighted by Crippen LogP contribution is -2.15. The molecule has 4 aromatic carbocycles. The van der Waals surface area contributed by atoms with Crippen molar-refractivity contribution in [3.05, 3.63) is 93.0 Å². The van der Waals surface area contributed by atoms with Crippen LogP contribution in [-0.2, 0) is 75.7 Å². The van der Waals surface area contributed by atoms with Crippen LogP contribution in [0.3, 0.4) is 0 Å². The van der Waals surface area contributed by atoms with Gasteiger partial charge in [0.05, 0.1) is 19.6 Å². The van der Waals surface area contributed by atoms with E-state index in [1.54, 1.807) is 0 Å². The molecule has 5 rings (SSSR count). The number of aromatic hydroxyl groups is 2. The van der Waals surface area contributed by atoms with Crippen LogP contribution in [-0.4, -0.2) is 97.5 Å². The highest BCUT2D eigenvalue weighted by atomic mass is 32.2. The fourth-order valence-corrected chi connectivity index (χ4v) is 8.35. The molecule has 0 fully saturated rings. The number of aliphatic carboxylic acids is 2. The molecule has 1 aliphatic rings. The van der Waals surface area contributed by atoms with Gasteiger partial charge in [-0.15, -0.1) is 0 Å². The number of hydrogen-bond acceptors (Lipinski definition) is 14. The number of ether oxygens (including phenoxy) is 2. The Morgan fingerprint density at radius 2 is 0.625 bits per heavy atom. The van der Waals surface area contributed by atoms with Gasteiger partial charge in [-0.3, -0.25) is 18.2 Å². The zero-order valence-electron chi connectivity index (χ0n) is 28.0. The number of carboxylic acid groups (broad SMARTS) is 2. The maximum atomic E-state index is 12.5. The van der Waals surface area contributed by atoms with Crippen LogP contribution in [0.1, 0.15) is 44.5 Å². The van der Waals surface area contributed by atoms with E-state index in [-0.39, 0.29) is 22.3 Å². The fraction of sp³-hybridized carbons (Fsp3) is 0.188. The van der Waals surface area contributed by atoms with Crippen molar-refractivity contribution in [2.45, 2.75) is 45.3 Å². The molecule has 0 atom stereocenters. The molecular formula is C32H28O20S4. The monoisotopic (exact) mass is 860 g/mol. The van der Waals surface area contributed by atoms with Crippen molar-refractivity contribution in [3.8, 4) is 23.0 Å². The maximum absolute atomic E-state index is 12.5. The van der Waals surface area contributed by atoms with Gasteiger partial charge in [0.2, 0.25) is 0 Å². The Balaban J connectivity index is 1.99. The van der Waals surface area contributed by atoms with E-state index < -0.39 is 156 Å². The van der Waals surface area contributed by atoms with Crippen LogP contribution in [0.25, 0.3) is 0 Å². The molecule has 1 aliphatic carbocycles. The molecule has 300 valence electrons. The van der Waals surface area contributed by atoms with Crippen molar-refractivity contribution in [1.82, 2.24) is 0 Å². The lowest BCUT2D eigenvalue weighted by Gasteiger charge is -2.21. The first-order chi connectivity index (χ1) is 25.7. The molecule has 0 spiro atoms. The molecule has 20 nitrogen and oxygen atoms in total. The Morgan fingerprint density at radius 3 is 0.804 bits per heavy atom. The molecule has 24 heteroatoms. The highest BCUT2D eigenvalue weighted by molar-refractivity contribution is 7.86. The minimum absolute atomic E-state index is 0.371. The lowest BCUT2D eigenvalue weighted by atomic mass is 9.91. The van der Waals surface area contributed by atoms with Gasteiger partial charge in [0.1, 0.15) is 23.0 Å². The first-order valence-corrected chi connectivity index (χ1v) is 21.1. The van der Waals surface area contributed by atoms with Crippen molar-refractivity contribution in [3.63, 3.8) is 0 Å². The number of phenols is 2. The van der Waals surface area contributed by atoms with Crippen molar-refractivity contribution >= 4 is 52.4 Å². The van der Waals surface area contributed by atoms with Gasteiger partial charge in [0.25, 0.3) is 40.5 Å². The van der Waals surface area contributed by atoms with E-state index in [4.69, 9.17) is 9.47 Å². The smallest absolute Gasteiger partial charge is 0.341 e. The summed E-state index contributed by atoms with van der Waals surface area (Å²) in [5.74, 6) is -5.67. The zero-order chi connectivity index (χ0) is 41.7. The molecule has 0 saturated heterocycles. The van der Waals surface area contributed by atoms with Gasteiger partial charge in [-0.25, -0.2) is 9.59 Å². The highest BCUT2D eigenvalue weighted by Gasteiger charge is 2.28. The Labute approximate surface area is 317 Å². The summed E-state index contributed by atoms with van der Waals surface area (Å²) in [6.45, 7) is -2.22. The molecule has 0 amide bonds. The number of hydrogen-bond donors (Lipinski definition) is 8. The van der Waals surface area contributed by atoms with Crippen LogP contribution in [0.5, 0.6) is 23.0 Å². The van der Waals surface area contributed by atoms with Crippen LogP contribution in [0.15, 0.2) is 68.1 Å². The molecule has 4 aromatic rings. The van der Waals surface area contributed by atoms with E-state index in [0.717, 1.165) is 48.5 Å². The van der Waals surface area contributed by atoms with Gasteiger partial charge in [0.15, 0.2) is 13.2 Å². The van der Waals surface area contributed by atoms with Crippen LogP contribution >= 0.6 is 0 Å². The molecule has 8 N–H and O–H groups in total. The third-order valence-electron chi connectivity index (χ3n) is 8.31. The molecule has 8 bridgehead atoms. The Hall–Kier alpha value is -5.34. The summed E-state index contributed by atoms with van der Waals surface area (Å²) in [4.78, 5) is 19.7. The quantitative estimate of drug-likeness (QED) is 0.0926. The van der Waals surface area contributed by atoms with Gasteiger partial charge in [-0.1, -0.05) is 0 Å². The average molecular weight is 861 g/mol. The van der Waals surface area contributed by atoms with Gasteiger partial charge in [-0.2, -0.15) is 33.7 Å². The van der Waals surface area contributed by atoms with E-state index in [9.17, 15) is 81.9 Å². The summed E-state index contributed by atoms with van der Waals surface area (Å²) >= 11 is 0. The molecule has 0 aliphatic heterocycles. The molecule has 0 aromatic heterocycles. The number of rotatable bonds is 10. The number of benzene rings is 4. The molecule has 0 radical (unpaired) electrons. The van der Waals surface area contributed by atoms with Crippen molar-refractivity contribution in [2.24, 2.45) is 0 Å². The second-order valence-corrected chi connectivity index (χ2v) is 18.0. The first-order valence-electron chi connectivity index (χ1n) is 15.3. The number of carboxylic acids is 2. The minimum atomic E-state index is -5.15. The third kappa shape index (κ3) is 9.36. The highest BCUT2D eigenvalue weighted by Crippen LogP contribution is 2.41. The normalized spacial score (nSPS) is 13.5. The fourth-order valence-electron chi connectivity index (χ4n) is 6.02. The second kappa shape index (κ2) is 15.0. The van der Waals surface area contributed by atoms with Crippen LogP contribution < -0.4 is 9.47 Å². The SMILES string of the molecule is O=C(O)COc1c2cc(S(=O)(=O)O)cc1Cc1cc(S(=O)(=O)O)cc(c1O)Cc1cc(S(=O)(=O)O)cc(c1OCC(=O)O)Cc1cc(S(=O)(=O)O)cc(c1O)C2. The van der Waals surface area contributed by atoms with Crippen LogP contribution in [0.4, 0.5) is 0 Å².